The number of piperidine rings is 1. The van der Waals surface area contributed by atoms with Gasteiger partial charge in [0.2, 0.25) is 0 Å². The number of aromatic nitrogens is 1. The van der Waals surface area contributed by atoms with Crippen LogP contribution in [0.5, 0.6) is 5.75 Å². The fraction of sp³-hybridized carbons (Fsp3) is 0.448. The Morgan fingerprint density at radius 3 is 2.74 bits per heavy atom. The number of fused-ring (bicyclic) bond motifs is 1. The molecule has 2 heterocycles. The molecule has 1 aliphatic heterocycles. The van der Waals surface area contributed by atoms with E-state index in [2.05, 4.69) is 46.3 Å². The quantitative estimate of drug-likeness (QED) is 0.377. The molecule has 0 bridgehead atoms. The molecule has 34 heavy (non-hydrogen) atoms. The van der Waals surface area contributed by atoms with Crippen molar-refractivity contribution in [2.45, 2.75) is 44.9 Å². The SMILES string of the molecule is COc1ccc2nccc(CCC[C@@H]3CCN(CCCCc4ccccc4)C[C@@H]3C(=O)O)c2c1. The van der Waals surface area contributed by atoms with Crippen molar-refractivity contribution < 1.29 is 14.6 Å². The molecule has 0 unspecified atom stereocenters. The van der Waals surface area contributed by atoms with Gasteiger partial charge in [-0.05, 0) is 99.3 Å². The zero-order valence-electron chi connectivity index (χ0n) is 20.2. The first-order valence-electron chi connectivity index (χ1n) is 12.5. The summed E-state index contributed by atoms with van der Waals surface area (Å²) < 4.78 is 5.39. The van der Waals surface area contributed by atoms with E-state index in [4.69, 9.17) is 4.74 Å². The van der Waals surface area contributed by atoms with Crippen LogP contribution in [0, 0.1) is 11.8 Å². The summed E-state index contributed by atoms with van der Waals surface area (Å²) in [4.78, 5) is 18.9. The Hall–Kier alpha value is -2.92. The topological polar surface area (TPSA) is 62.7 Å². The Bertz CT molecular complexity index is 1070. The number of carboxylic acids is 1. The number of rotatable bonds is 11. The highest BCUT2D eigenvalue weighted by atomic mass is 16.5. The third-order valence-corrected chi connectivity index (χ3v) is 7.25. The fourth-order valence-electron chi connectivity index (χ4n) is 5.29. The van der Waals surface area contributed by atoms with Gasteiger partial charge in [-0.2, -0.15) is 0 Å². The highest BCUT2D eigenvalue weighted by Crippen LogP contribution is 2.30. The first-order valence-corrected chi connectivity index (χ1v) is 12.5. The molecular weight excluding hydrogens is 424 g/mol. The number of hydrogen-bond acceptors (Lipinski definition) is 4. The maximum absolute atomic E-state index is 12.1. The molecule has 1 saturated heterocycles. The van der Waals surface area contributed by atoms with E-state index >= 15 is 0 Å². The molecule has 0 radical (unpaired) electrons. The fourth-order valence-corrected chi connectivity index (χ4v) is 5.29. The molecule has 0 spiro atoms. The van der Waals surface area contributed by atoms with Crippen molar-refractivity contribution in [3.63, 3.8) is 0 Å². The van der Waals surface area contributed by atoms with Crippen LogP contribution in [0.1, 0.15) is 43.2 Å². The molecule has 5 nitrogen and oxygen atoms in total. The summed E-state index contributed by atoms with van der Waals surface area (Å²) in [6.07, 6.45) is 9.06. The minimum absolute atomic E-state index is 0.251. The van der Waals surface area contributed by atoms with Gasteiger partial charge in [0, 0.05) is 18.1 Å². The first-order chi connectivity index (χ1) is 16.6. The van der Waals surface area contributed by atoms with Crippen LogP contribution in [0.15, 0.2) is 60.8 Å². The van der Waals surface area contributed by atoms with Gasteiger partial charge in [-0.3, -0.25) is 9.78 Å². The van der Waals surface area contributed by atoms with E-state index in [0.29, 0.717) is 6.54 Å². The molecule has 5 heteroatoms. The lowest BCUT2D eigenvalue weighted by Gasteiger charge is -2.36. The van der Waals surface area contributed by atoms with Crippen LogP contribution in [0.2, 0.25) is 0 Å². The molecule has 3 aromatic rings. The zero-order valence-corrected chi connectivity index (χ0v) is 20.2. The van der Waals surface area contributed by atoms with Gasteiger partial charge in [0.15, 0.2) is 0 Å². The highest BCUT2D eigenvalue weighted by molar-refractivity contribution is 5.83. The summed E-state index contributed by atoms with van der Waals surface area (Å²) in [7, 11) is 1.68. The molecule has 2 atom stereocenters. The van der Waals surface area contributed by atoms with E-state index in [1.54, 1.807) is 7.11 Å². The Balaban J connectivity index is 1.26. The van der Waals surface area contributed by atoms with Crippen molar-refractivity contribution in [3.05, 3.63) is 71.9 Å². The molecule has 1 fully saturated rings. The smallest absolute Gasteiger partial charge is 0.308 e. The molecular formula is C29H36N2O3. The third kappa shape index (κ3) is 6.35. The largest absolute Gasteiger partial charge is 0.497 e. The van der Waals surface area contributed by atoms with E-state index in [0.717, 1.165) is 74.7 Å². The lowest BCUT2D eigenvalue weighted by atomic mass is 9.81. The van der Waals surface area contributed by atoms with Gasteiger partial charge >= 0.3 is 5.97 Å². The van der Waals surface area contributed by atoms with E-state index in [1.807, 2.05) is 24.4 Å². The zero-order chi connectivity index (χ0) is 23.8. The number of aliphatic carboxylic acids is 1. The third-order valence-electron chi connectivity index (χ3n) is 7.25. The number of benzene rings is 2. The van der Waals surface area contributed by atoms with Crippen LogP contribution in [0.25, 0.3) is 10.9 Å². The second kappa shape index (κ2) is 12.0. The minimum atomic E-state index is -0.641. The summed E-state index contributed by atoms with van der Waals surface area (Å²) in [5.41, 5.74) is 3.61. The molecule has 0 saturated carbocycles. The predicted octanol–water partition coefficient (Wildman–Crippen LogP) is 5.61. The number of nitrogens with zero attached hydrogens (tertiary/aromatic N) is 2. The van der Waals surface area contributed by atoms with Crippen LogP contribution in [-0.4, -0.2) is 47.7 Å². The number of ether oxygens (including phenoxy) is 1. The Morgan fingerprint density at radius 1 is 1.09 bits per heavy atom. The standard InChI is InChI=1S/C29H36N2O3/c1-34-25-13-14-28-26(20-25)23(15-17-30-28)11-7-12-24-16-19-31(21-27(24)29(32)33)18-6-5-10-22-8-3-2-4-9-22/h2-4,8-9,13-15,17,20,24,27H,5-7,10-12,16,18-19,21H2,1H3,(H,32,33)/t24-,27+/m1/s1. The number of aryl methyl sites for hydroxylation is 2. The summed E-state index contributed by atoms with van der Waals surface area (Å²) >= 11 is 0. The number of hydrogen-bond donors (Lipinski definition) is 1. The van der Waals surface area contributed by atoms with Crippen LogP contribution in [0.3, 0.4) is 0 Å². The molecule has 0 amide bonds. The lowest BCUT2D eigenvalue weighted by molar-refractivity contribution is -0.146. The van der Waals surface area contributed by atoms with Gasteiger partial charge in [-0.15, -0.1) is 0 Å². The maximum atomic E-state index is 12.1. The monoisotopic (exact) mass is 460 g/mol. The molecule has 1 N–H and O–H groups in total. The number of unbranched alkanes of at least 4 members (excludes halogenated alkanes) is 1. The molecule has 180 valence electrons. The number of carbonyl (C=O) groups is 1. The van der Waals surface area contributed by atoms with Crippen molar-refractivity contribution in [1.82, 2.24) is 9.88 Å². The highest BCUT2D eigenvalue weighted by Gasteiger charge is 2.33. The summed E-state index contributed by atoms with van der Waals surface area (Å²) in [6.45, 7) is 2.68. The second-order valence-electron chi connectivity index (χ2n) is 9.48. The van der Waals surface area contributed by atoms with Gasteiger partial charge in [0.05, 0.1) is 18.5 Å². The van der Waals surface area contributed by atoms with Gasteiger partial charge in [0.1, 0.15) is 5.75 Å². The summed E-state index contributed by atoms with van der Waals surface area (Å²) in [5.74, 6) is 0.180. The number of likely N-dealkylation sites (tertiary alicyclic amines) is 1. The number of pyridine rings is 1. The van der Waals surface area contributed by atoms with Crippen LogP contribution >= 0.6 is 0 Å². The van der Waals surface area contributed by atoms with Crippen molar-refractivity contribution in [2.75, 3.05) is 26.7 Å². The minimum Gasteiger partial charge on any atom is -0.497 e. The average molecular weight is 461 g/mol. The number of carboxylic acid groups (broad SMARTS) is 1. The molecule has 4 rings (SSSR count). The van der Waals surface area contributed by atoms with Crippen LogP contribution in [0.4, 0.5) is 0 Å². The van der Waals surface area contributed by atoms with Gasteiger partial charge < -0.3 is 14.7 Å². The van der Waals surface area contributed by atoms with E-state index in [9.17, 15) is 9.90 Å². The van der Waals surface area contributed by atoms with Crippen molar-refractivity contribution >= 4 is 16.9 Å². The first kappa shape index (κ1) is 24.2. The van der Waals surface area contributed by atoms with E-state index in [-0.39, 0.29) is 11.8 Å². The van der Waals surface area contributed by atoms with Crippen LogP contribution < -0.4 is 4.74 Å². The second-order valence-corrected chi connectivity index (χ2v) is 9.48. The van der Waals surface area contributed by atoms with Crippen molar-refractivity contribution in [1.29, 1.82) is 0 Å². The molecule has 0 aliphatic carbocycles. The van der Waals surface area contributed by atoms with Gasteiger partial charge in [0.25, 0.3) is 0 Å². The average Bonchev–Trinajstić information content (AvgIpc) is 2.87. The van der Waals surface area contributed by atoms with E-state index in [1.165, 1.54) is 11.1 Å². The van der Waals surface area contributed by atoms with Gasteiger partial charge in [-0.1, -0.05) is 30.3 Å². The molecule has 2 aromatic carbocycles. The summed E-state index contributed by atoms with van der Waals surface area (Å²) in [5, 5.41) is 11.0. The van der Waals surface area contributed by atoms with E-state index < -0.39 is 5.97 Å². The van der Waals surface area contributed by atoms with Gasteiger partial charge in [-0.25, -0.2) is 0 Å². The molecule has 1 aliphatic rings. The molecule has 1 aromatic heterocycles. The lowest BCUT2D eigenvalue weighted by Crippen LogP contribution is -2.44. The van der Waals surface area contributed by atoms with Crippen molar-refractivity contribution in [2.24, 2.45) is 11.8 Å². The Kier molecular flexibility index (Phi) is 8.53. The van der Waals surface area contributed by atoms with Crippen molar-refractivity contribution in [3.8, 4) is 5.75 Å². The maximum Gasteiger partial charge on any atom is 0.308 e. The summed E-state index contributed by atoms with van der Waals surface area (Å²) in [6, 6.07) is 18.6. The number of methoxy groups -OCH3 is 1. The Labute approximate surface area is 202 Å². The van der Waals surface area contributed by atoms with Crippen LogP contribution in [-0.2, 0) is 17.6 Å². The predicted molar refractivity (Wildman–Crippen MR) is 136 cm³/mol. The normalized spacial score (nSPS) is 18.7. The Morgan fingerprint density at radius 2 is 1.94 bits per heavy atom.